The molecule has 4 nitrogen and oxygen atoms in total. The predicted molar refractivity (Wildman–Crippen MR) is 113 cm³/mol. The van der Waals surface area contributed by atoms with Gasteiger partial charge in [-0.2, -0.15) is 0 Å². The summed E-state index contributed by atoms with van der Waals surface area (Å²) >= 11 is 3.39. The highest BCUT2D eigenvalue weighted by molar-refractivity contribution is 9.10. The maximum absolute atomic E-state index is 13.1. The summed E-state index contributed by atoms with van der Waals surface area (Å²) in [7, 11) is 0. The summed E-state index contributed by atoms with van der Waals surface area (Å²) in [4.78, 5) is 25.9. The van der Waals surface area contributed by atoms with Crippen molar-refractivity contribution in [3.63, 3.8) is 0 Å². The van der Waals surface area contributed by atoms with E-state index in [0.717, 1.165) is 5.56 Å². The monoisotopic (exact) mass is 433 g/mol. The molecule has 0 bridgehead atoms. The van der Waals surface area contributed by atoms with Gasteiger partial charge >= 0.3 is 0 Å². The second kappa shape index (κ2) is 7.44. The summed E-state index contributed by atoms with van der Waals surface area (Å²) in [6.45, 7) is 1.96. The summed E-state index contributed by atoms with van der Waals surface area (Å²) in [6, 6.07) is 21.6. The van der Waals surface area contributed by atoms with Crippen LogP contribution in [0.25, 0.3) is 11.0 Å². The summed E-state index contributed by atoms with van der Waals surface area (Å²) in [6.07, 6.45) is 0. The lowest BCUT2D eigenvalue weighted by Gasteiger charge is -2.08. The van der Waals surface area contributed by atoms with Gasteiger partial charge in [-0.25, -0.2) is 0 Å². The van der Waals surface area contributed by atoms with Crippen LogP contribution in [-0.2, 0) is 0 Å². The first-order chi connectivity index (χ1) is 13.5. The largest absolute Gasteiger partial charge is 0.450 e. The van der Waals surface area contributed by atoms with Gasteiger partial charge in [0, 0.05) is 15.4 Å². The number of hydrogen-bond acceptors (Lipinski definition) is 3. The molecule has 28 heavy (non-hydrogen) atoms. The van der Waals surface area contributed by atoms with Crippen molar-refractivity contribution in [1.29, 1.82) is 0 Å². The fourth-order valence-corrected chi connectivity index (χ4v) is 3.46. The molecular weight excluding hydrogens is 418 g/mol. The number of para-hydroxylation sites is 1. The number of rotatable bonds is 4. The number of amides is 1. The highest BCUT2D eigenvalue weighted by Crippen LogP contribution is 2.33. The molecule has 0 aliphatic rings. The average molecular weight is 434 g/mol. The van der Waals surface area contributed by atoms with E-state index in [9.17, 15) is 9.59 Å². The number of carbonyl (C=O) groups excluding carboxylic acids is 2. The average Bonchev–Trinajstić information content (AvgIpc) is 3.07. The number of carbonyl (C=O) groups is 2. The summed E-state index contributed by atoms with van der Waals surface area (Å²) in [5.74, 6) is -0.485. The first-order valence-corrected chi connectivity index (χ1v) is 9.52. The number of anilines is 1. The van der Waals surface area contributed by atoms with Crippen molar-refractivity contribution in [3.05, 3.63) is 99.7 Å². The topological polar surface area (TPSA) is 59.3 Å². The molecule has 3 aromatic carbocycles. The van der Waals surface area contributed by atoms with E-state index in [2.05, 4.69) is 21.2 Å². The molecule has 0 spiro atoms. The van der Waals surface area contributed by atoms with E-state index in [-0.39, 0.29) is 17.5 Å². The molecule has 0 aliphatic carbocycles. The van der Waals surface area contributed by atoms with Gasteiger partial charge in [-0.05, 0) is 47.1 Å². The van der Waals surface area contributed by atoms with Crippen LogP contribution in [0, 0.1) is 6.92 Å². The van der Waals surface area contributed by atoms with Crippen LogP contribution in [0.3, 0.4) is 0 Å². The van der Waals surface area contributed by atoms with E-state index in [4.69, 9.17) is 4.42 Å². The maximum atomic E-state index is 13.1. The highest BCUT2D eigenvalue weighted by atomic mass is 79.9. The minimum Gasteiger partial charge on any atom is -0.450 e. The molecular formula is C23H16BrNO3. The third-order valence-electron chi connectivity index (χ3n) is 4.47. The summed E-state index contributed by atoms with van der Waals surface area (Å²) in [5.41, 5.74) is 2.95. The third-order valence-corrected chi connectivity index (χ3v) is 5.16. The molecule has 0 saturated heterocycles. The third kappa shape index (κ3) is 3.37. The number of benzene rings is 3. The fourth-order valence-electron chi connectivity index (χ4n) is 2.99. The Hall–Kier alpha value is -3.18. The predicted octanol–water partition coefficient (Wildman–Crippen LogP) is 5.99. The molecule has 1 heterocycles. The standard InChI is InChI=1S/C23H16BrNO3/c1-14-10-12-15(13-11-14)21(26)22-20(17-7-3-5-9-19(17)28-22)25-23(27)16-6-2-4-8-18(16)24/h2-13H,1H3,(H,25,27). The van der Waals surface area contributed by atoms with Crippen LogP contribution >= 0.6 is 15.9 Å². The van der Waals surface area contributed by atoms with Crippen molar-refractivity contribution in [2.45, 2.75) is 6.92 Å². The second-order valence-corrected chi connectivity index (χ2v) is 7.29. The first kappa shape index (κ1) is 18.2. The number of ketones is 1. The number of aryl methyl sites for hydroxylation is 1. The quantitative estimate of drug-likeness (QED) is 0.402. The van der Waals surface area contributed by atoms with Gasteiger partial charge in [0.05, 0.1) is 11.3 Å². The van der Waals surface area contributed by atoms with Crippen molar-refractivity contribution in [1.82, 2.24) is 0 Å². The van der Waals surface area contributed by atoms with Crippen LogP contribution in [-0.4, -0.2) is 11.7 Å². The smallest absolute Gasteiger partial charge is 0.256 e. The molecule has 5 heteroatoms. The van der Waals surface area contributed by atoms with Crippen molar-refractivity contribution >= 4 is 44.3 Å². The SMILES string of the molecule is Cc1ccc(C(=O)c2oc3ccccc3c2NC(=O)c2ccccc2Br)cc1. The highest BCUT2D eigenvalue weighted by Gasteiger charge is 2.24. The number of fused-ring (bicyclic) bond motifs is 1. The van der Waals surface area contributed by atoms with Gasteiger partial charge in [-0.15, -0.1) is 0 Å². The Kier molecular flexibility index (Phi) is 4.84. The number of hydrogen-bond donors (Lipinski definition) is 1. The molecule has 4 aromatic rings. The van der Waals surface area contributed by atoms with Crippen LogP contribution in [0.4, 0.5) is 5.69 Å². The van der Waals surface area contributed by atoms with Gasteiger partial charge in [-0.1, -0.05) is 54.1 Å². The number of nitrogens with one attached hydrogen (secondary N) is 1. The van der Waals surface area contributed by atoms with Gasteiger partial charge in [0.15, 0.2) is 5.76 Å². The molecule has 1 aromatic heterocycles. The van der Waals surface area contributed by atoms with E-state index in [1.165, 1.54) is 0 Å². The fraction of sp³-hybridized carbons (Fsp3) is 0.0435. The Labute approximate surface area is 170 Å². The van der Waals surface area contributed by atoms with Crippen LogP contribution in [0.2, 0.25) is 0 Å². The van der Waals surface area contributed by atoms with E-state index in [1.54, 1.807) is 36.4 Å². The van der Waals surface area contributed by atoms with Gasteiger partial charge in [-0.3, -0.25) is 9.59 Å². The zero-order valence-corrected chi connectivity index (χ0v) is 16.6. The van der Waals surface area contributed by atoms with E-state index < -0.39 is 0 Å². The Morgan fingerprint density at radius 2 is 1.57 bits per heavy atom. The Morgan fingerprint density at radius 1 is 0.893 bits per heavy atom. The van der Waals surface area contributed by atoms with E-state index in [1.807, 2.05) is 43.3 Å². The van der Waals surface area contributed by atoms with Crippen molar-refractivity contribution in [2.75, 3.05) is 5.32 Å². The molecule has 1 amide bonds. The molecule has 4 rings (SSSR count). The zero-order chi connectivity index (χ0) is 19.7. The summed E-state index contributed by atoms with van der Waals surface area (Å²) in [5, 5.41) is 3.55. The van der Waals surface area contributed by atoms with Crippen molar-refractivity contribution in [3.8, 4) is 0 Å². The lowest BCUT2D eigenvalue weighted by molar-refractivity contribution is 0.101. The van der Waals surface area contributed by atoms with Crippen LogP contribution in [0.1, 0.15) is 32.0 Å². The maximum Gasteiger partial charge on any atom is 0.256 e. The van der Waals surface area contributed by atoms with Crippen LogP contribution in [0.5, 0.6) is 0 Å². The minimum atomic E-state index is -0.322. The molecule has 138 valence electrons. The Morgan fingerprint density at radius 3 is 2.32 bits per heavy atom. The van der Waals surface area contributed by atoms with Gasteiger partial charge in [0.25, 0.3) is 5.91 Å². The number of halogens is 1. The molecule has 0 aliphatic heterocycles. The molecule has 0 radical (unpaired) electrons. The Balaban J connectivity index is 1.79. The van der Waals surface area contributed by atoms with Gasteiger partial charge < -0.3 is 9.73 Å². The zero-order valence-electron chi connectivity index (χ0n) is 15.0. The normalized spacial score (nSPS) is 10.8. The van der Waals surface area contributed by atoms with Gasteiger partial charge in [0.2, 0.25) is 5.78 Å². The second-order valence-electron chi connectivity index (χ2n) is 6.43. The molecule has 0 fully saturated rings. The lowest BCUT2D eigenvalue weighted by Crippen LogP contribution is -2.14. The van der Waals surface area contributed by atoms with Crippen LogP contribution in [0.15, 0.2) is 81.7 Å². The van der Waals surface area contributed by atoms with Crippen molar-refractivity contribution < 1.29 is 14.0 Å². The first-order valence-electron chi connectivity index (χ1n) is 8.73. The minimum absolute atomic E-state index is 0.116. The van der Waals surface area contributed by atoms with Crippen LogP contribution < -0.4 is 5.32 Å². The molecule has 0 unspecified atom stereocenters. The number of furan rings is 1. The lowest BCUT2D eigenvalue weighted by atomic mass is 10.1. The summed E-state index contributed by atoms with van der Waals surface area (Å²) < 4.78 is 6.51. The molecule has 0 saturated carbocycles. The molecule has 1 N–H and O–H groups in total. The van der Waals surface area contributed by atoms with E-state index in [0.29, 0.717) is 32.3 Å². The van der Waals surface area contributed by atoms with E-state index >= 15 is 0 Å². The van der Waals surface area contributed by atoms with Gasteiger partial charge in [0.1, 0.15) is 5.58 Å². The van der Waals surface area contributed by atoms with Crippen molar-refractivity contribution in [2.24, 2.45) is 0 Å². The molecule has 0 atom stereocenters. The Bertz CT molecular complexity index is 1190.